The average Bonchev–Trinajstić information content (AvgIpc) is 3.20. The smallest absolute Gasteiger partial charge is 0.305 e. The molecule has 1 aliphatic rings. The van der Waals surface area contributed by atoms with Crippen LogP contribution in [0.25, 0.3) is 0 Å². The lowest BCUT2D eigenvalue weighted by Crippen LogP contribution is -2.40. The first kappa shape index (κ1) is 14.7. The van der Waals surface area contributed by atoms with Gasteiger partial charge >= 0.3 is 5.97 Å². The molecular formula is C16H21NO3. The minimum absolute atomic E-state index is 0.130. The molecule has 1 atom stereocenters. The van der Waals surface area contributed by atoms with E-state index in [0.29, 0.717) is 17.5 Å². The lowest BCUT2D eigenvalue weighted by Gasteiger charge is -2.16. The predicted octanol–water partition coefficient (Wildman–Crippen LogP) is 2.59. The topological polar surface area (TPSA) is 66.4 Å². The van der Waals surface area contributed by atoms with Gasteiger partial charge in [0.1, 0.15) is 0 Å². The molecule has 0 spiro atoms. The Bertz CT molecular complexity index is 489. The Labute approximate surface area is 119 Å². The van der Waals surface area contributed by atoms with E-state index in [1.165, 1.54) is 5.56 Å². The van der Waals surface area contributed by atoms with Gasteiger partial charge in [-0.1, -0.05) is 38.1 Å². The molecule has 0 heterocycles. The summed E-state index contributed by atoms with van der Waals surface area (Å²) in [5, 5.41) is 12.1. The second kappa shape index (κ2) is 6.18. The van der Waals surface area contributed by atoms with Gasteiger partial charge in [0.2, 0.25) is 0 Å². The van der Waals surface area contributed by atoms with Crippen molar-refractivity contribution in [2.45, 2.75) is 51.1 Å². The lowest BCUT2D eigenvalue weighted by molar-refractivity contribution is -0.137. The van der Waals surface area contributed by atoms with Gasteiger partial charge in [-0.3, -0.25) is 9.59 Å². The summed E-state index contributed by atoms with van der Waals surface area (Å²) in [6.07, 6.45) is 1.88. The summed E-state index contributed by atoms with van der Waals surface area (Å²) < 4.78 is 0. The molecule has 0 bridgehead atoms. The minimum Gasteiger partial charge on any atom is -0.481 e. The number of carboxylic acid groups (broad SMARTS) is 1. The van der Waals surface area contributed by atoms with E-state index in [1.807, 2.05) is 12.1 Å². The van der Waals surface area contributed by atoms with Gasteiger partial charge < -0.3 is 10.4 Å². The second-order valence-electron chi connectivity index (χ2n) is 5.73. The van der Waals surface area contributed by atoms with Crippen molar-refractivity contribution < 1.29 is 14.7 Å². The summed E-state index contributed by atoms with van der Waals surface area (Å²) in [4.78, 5) is 23.3. The van der Waals surface area contributed by atoms with Gasteiger partial charge in [-0.15, -0.1) is 0 Å². The standard InChI is InChI=1S/C16H21NO3/c1-10(2)11-3-5-12(6-4-11)16(20)14(9-15(18)19)17-13-7-8-13/h3-6,10,13-14,17H,7-9H2,1-2H3,(H,18,19). The zero-order valence-electron chi connectivity index (χ0n) is 11.9. The van der Waals surface area contributed by atoms with Crippen LogP contribution in [0.15, 0.2) is 24.3 Å². The Balaban J connectivity index is 2.10. The highest BCUT2D eigenvalue weighted by Gasteiger charge is 2.30. The van der Waals surface area contributed by atoms with Crippen LogP contribution >= 0.6 is 0 Å². The molecule has 2 N–H and O–H groups in total. The van der Waals surface area contributed by atoms with Gasteiger partial charge in [0, 0.05) is 11.6 Å². The summed E-state index contributed by atoms with van der Waals surface area (Å²) >= 11 is 0. The van der Waals surface area contributed by atoms with Crippen molar-refractivity contribution in [1.29, 1.82) is 0 Å². The summed E-state index contributed by atoms with van der Waals surface area (Å²) in [5.41, 5.74) is 1.75. The largest absolute Gasteiger partial charge is 0.481 e. The first-order chi connectivity index (χ1) is 9.47. The van der Waals surface area contributed by atoms with Crippen LogP contribution in [-0.4, -0.2) is 28.9 Å². The Morgan fingerprint density at radius 1 is 1.25 bits per heavy atom. The number of hydrogen-bond acceptors (Lipinski definition) is 3. The SMILES string of the molecule is CC(C)c1ccc(C(=O)C(CC(=O)O)NC2CC2)cc1. The molecular weight excluding hydrogens is 254 g/mol. The molecule has 0 aromatic heterocycles. The molecule has 1 aliphatic carbocycles. The molecule has 1 fully saturated rings. The van der Waals surface area contributed by atoms with E-state index in [0.717, 1.165) is 12.8 Å². The summed E-state index contributed by atoms with van der Waals surface area (Å²) in [5.74, 6) is -0.663. The molecule has 1 saturated carbocycles. The third-order valence-electron chi connectivity index (χ3n) is 3.57. The minimum atomic E-state index is -0.949. The molecule has 20 heavy (non-hydrogen) atoms. The molecule has 0 radical (unpaired) electrons. The van der Waals surface area contributed by atoms with Gasteiger partial charge in [0.15, 0.2) is 5.78 Å². The zero-order chi connectivity index (χ0) is 14.7. The molecule has 1 aromatic carbocycles. The maximum Gasteiger partial charge on any atom is 0.305 e. The Hall–Kier alpha value is -1.68. The fourth-order valence-electron chi connectivity index (χ4n) is 2.17. The van der Waals surface area contributed by atoms with Crippen molar-refractivity contribution >= 4 is 11.8 Å². The van der Waals surface area contributed by atoms with Crippen LogP contribution in [-0.2, 0) is 4.79 Å². The number of hydrogen-bond donors (Lipinski definition) is 2. The summed E-state index contributed by atoms with van der Waals surface area (Å²) in [6.45, 7) is 4.19. The number of Topliss-reactive ketones (excluding diaryl/α,β-unsaturated/α-hetero) is 1. The van der Waals surface area contributed by atoms with E-state index in [1.54, 1.807) is 12.1 Å². The molecule has 1 aromatic rings. The number of carbonyl (C=O) groups excluding carboxylic acids is 1. The van der Waals surface area contributed by atoms with Crippen molar-refractivity contribution in [3.8, 4) is 0 Å². The quantitative estimate of drug-likeness (QED) is 0.751. The normalized spacial score (nSPS) is 16.1. The van der Waals surface area contributed by atoms with Crippen molar-refractivity contribution in [3.05, 3.63) is 35.4 Å². The highest BCUT2D eigenvalue weighted by atomic mass is 16.4. The third-order valence-corrected chi connectivity index (χ3v) is 3.57. The Morgan fingerprint density at radius 2 is 1.85 bits per heavy atom. The number of aliphatic carboxylic acids is 1. The van der Waals surface area contributed by atoms with E-state index >= 15 is 0 Å². The fraction of sp³-hybridized carbons (Fsp3) is 0.500. The van der Waals surface area contributed by atoms with Gasteiger partial charge in [-0.25, -0.2) is 0 Å². The van der Waals surface area contributed by atoms with Crippen molar-refractivity contribution in [1.82, 2.24) is 5.32 Å². The van der Waals surface area contributed by atoms with E-state index in [2.05, 4.69) is 19.2 Å². The van der Waals surface area contributed by atoms with Crippen LogP contribution in [0.1, 0.15) is 54.9 Å². The summed E-state index contributed by atoms with van der Waals surface area (Å²) in [7, 11) is 0. The van der Waals surface area contributed by atoms with Crippen molar-refractivity contribution in [2.75, 3.05) is 0 Å². The number of carboxylic acids is 1. The molecule has 4 nitrogen and oxygen atoms in total. The van der Waals surface area contributed by atoms with Crippen LogP contribution in [0.2, 0.25) is 0 Å². The lowest BCUT2D eigenvalue weighted by atomic mass is 9.97. The third kappa shape index (κ3) is 3.90. The van der Waals surface area contributed by atoms with Gasteiger partial charge in [0.05, 0.1) is 12.5 Å². The highest BCUT2D eigenvalue weighted by Crippen LogP contribution is 2.22. The molecule has 0 saturated heterocycles. The molecule has 1 unspecified atom stereocenters. The number of carbonyl (C=O) groups is 2. The van der Waals surface area contributed by atoms with Gasteiger partial charge in [-0.05, 0) is 24.3 Å². The van der Waals surface area contributed by atoms with Crippen molar-refractivity contribution in [2.24, 2.45) is 0 Å². The van der Waals surface area contributed by atoms with Gasteiger partial charge in [-0.2, -0.15) is 0 Å². The van der Waals surface area contributed by atoms with E-state index in [9.17, 15) is 9.59 Å². The van der Waals surface area contributed by atoms with E-state index in [4.69, 9.17) is 5.11 Å². The van der Waals surface area contributed by atoms with Crippen LogP contribution in [0.3, 0.4) is 0 Å². The zero-order valence-corrected chi connectivity index (χ0v) is 11.9. The number of rotatable bonds is 7. The number of nitrogens with one attached hydrogen (secondary N) is 1. The maximum absolute atomic E-state index is 12.4. The van der Waals surface area contributed by atoms with Crippen LogP contribution in [0.4, 0.5) is 0 Å². The summed E-state index contributed by atoms with van der Waals surface area (Å²) in [6, 6.07) is 7.14. The first-order valence-electron chi connectivity index (χ1n) is 7.09. The number of ketones is 1. The molecule has 0 amide bonds. The van der Waals surface area contributed by atoms with Crippen molar-refractivity contribution in [3.63, 3.8) is 0 Å². The molecule has 0 aliphatic heterocycles. The van der Waals surface area contributed by atoms with Crippen LogP contribution in [0.5, 0.6) is 0 Å². The van der Waals surface area contributed by atoms with Gasteiger partial charge in [0.25, 0.3) is 0 Å². The highest BCUT2D eigenvalue weighted by molar-refractivity contribution is 6.01. The van der Waals surface area contributed by atoms with E-state index in [-0.39, 0.29) is 12.2 Å². The monoisotopic (exact) mass is 275 g/mol. The first-order valence-corrected chi connectivity index (χ1v) is 7.09. The maximum atomic E-state index is 12.4. The molecule has 4 heteroatoms. The average molecular weight is 275 g/mol. The van der Waals surface area contributed by atoms with E-state index < -0.39 is 12.0 Å². The second-order valence-corrected chi connectivity index (χ2v) is 5.73. The Morgan fingerprint density at radius 3 is 2.30 bits per heavy atom. The molecule has 2 rings (SSSR count). The fourth-order valence-corrected chi connectivity index (χ4v) is 2.17. The number of benzene rings is 1. The Kier molecular flexibility index (Phi) is 4.55. The molecule has 108 valence electrons. The van der Waals surface area contributed by atoms with Crippen LogP contribution < -0.4 is 5.32 Å². The van der Waals surface area contributed by atoms with Crippen LogP contribution in [0, 0.1) is 0 Å². The predicted molar refractivity (Wildman–Crippen MR) is 77.1 cm³/mol.